The van der Waals surface area contributed by atoms with Gasteiger partial charge in [0.25, 0.3) is 5.91 Å². The summed E-state index contributed by atoms with van der Waals surface area (Å²) in [5.41, 5.74) is 0.526. The molecule has 3 rings (SSSR count). The SMILES string of the molecule is C[C@@H](OC(=O)c1cccc(N2C(=O)CCC2=O)c1)C(=O)NC1CC1. The van der Waals surface area contributed by atoms with Crippen molar-refractivity contribution in [2.75, 3.05) is 4.90 Å². The van der Waals surface area contributed by atoms with E-state index in [1.54, 1.807) is 12.1 Å². The molecule has 1 N–H and O–H groups in total. The Kier molecular flexibility index (Phi) is 4.33. The molecule has 7 heteroatoms. The lowest BCUT2D eigenvalue weighted by Crippen LogP contribution is -2.37. The lowest BCUT2D eigenvalue weighted by molar-refractivity contribution is -0.129. The number of hydrogen-bond donors (Lipinski definition) is 1. The number of anilines is 1. The van der Waals surface area contributed by atoms with E-state index >= 15 is 0 Å². The number of imide groups is 1. The molecule has 3 amide bonds. The molecule has 1 saturated carbocycles. The van der Waals surface area contributed by atoms with Crippen LogP contribution in [0.25, 0.3) is 0 Å². The van der Waals surface area contributed by atoms with Crippen molar-refractivity contribution in [1.29, 1.82) is 0 Å². The first-order valence-corrected chi connectivity index (χ1v) is 7.93. The van der Waals surface area contributed by atoms with E-state index in [2.05, 4.69) is 5.32 Å². The lowest BCUT2D eigenvalue weighted by atomic mass is 10.2. The highest BCUT2D eigenvalue weighted by atomic mass is 16.5. The molecule has 1 heterocycles. The zero-order valence-corrected chi connectivity index (χ0v) is 13.3. The number of carbonyl (C=O) groups is 4. The molecule has 1 aromatic carbocycles. The second-order valence-electron chi connectivity index (χ2n) is 6.00. The van der Waals surface area contributed by atoms with Crippen molar-refractivity contribution in [2.24, 2.45) is 0 Å². The Bertz CT molecular complexity index is 695. The first-order chi connectivity index (χ1) is 11.5. The van der Waals surface area contributed by atoms with Crippen molar-refractivity contribution >= 4 is 29.4 Å². The molecule has 0 aromatic heterocycles. The minimum Gasteiger partial charge on any atom is -0.449 e. The summed E-state index contributed by atoms with van der Waals surface area (Å²) in [6, 6.07) is 6.28. The first-order valence-electron chi connectivity index (χ1n) is 7.93. The van der Waals surface area contributed by atoms with Crippen LogP contribution in [0.3, 0.4) is 0 Å². The Labute approximate surface area is 139 Å². The Morgan fingerprint density at radius 3 is 2.50 bits per heavy atom. The monoisotopic (exact) mass is 330 g/mol. The van der Waals surface area contributed by atoms with Crippen LogP contribution >= 0.6 is 0 Å². The van der Waals surface area contributed by atoms with E-state index < -0.39 is 12.1 Å². The molecule has 0 radical (unpaired) electrons. The molecule has 1 saturated heterocycles. The fraction of sp³-hybridized carbons (Fsp3) is 0.412. The van der Waals surface area contributed by atoms with Crippen LogP contribution in [-0.2, 0) is 19.1 Å². The second-order valence-corrected chi connectivity index (χ2v) is 6.00. The Balaban J connectivity index is 1.68. The average molecular weight is 330 g/mol. The molecular weight excluding hydrogens is 312 g/mol. The number of hydrogen-bond acceptors (Lipinski definition) is 5. The number of nitrogens with zero attached hydrogens (tertiary/aromatic N) is 1. The minimum atomic E-state index is -0.906. The van der Waals surface area contributed by atoms with Crippen molar-refractivity contribution in [3.8, 4) is 0 Å². The number of nitrogens with one attached hydrogen (secondary N) is 1. The van der Waals surface area contributed by atoms with Crippen molar-refractivity contribution in [3.63, 3.8) is 0 Å². The zero-order chi connectivity index (χ0) is 17.3. The fourth-order valence-electron chi connectivity index (χ4n) is 2.46. The standard InChI is InChI=1S/C17H18N2O5/c1-10(16(22)18-12-5-6-12)24-17(23)11-3-2-4-13(9-11)19-14(20)7-8-15(19)21/h2-4,9-10,12H,5-8H2,1H3,(H,18,22)/t10-/m1/s1. The third kappa shape index (κ3) is 3.45. The van der Waals surface area contributed by atoms with Crippen LogP contribution in [0.2, 0.25) is 0 Å². The van der Waals surface area contributed by atoms with E-state index in [1.807, 2.05) is 0 Å². The van der Waals surface area contributed by atoms with Crippen LogP contribution in [-0.4, -0.2) is 35.8 Å². The molecule has 1 aliphatic carbocycles. The third-order valence-electron chi connectivity index (χ3n) is 3.97. The van der Waals surface area contributed by atoms with Gasteiger partial charge in [-0.15, -0.1) is 0 Å². The number of amides is 3. The van der Waals surface area contributed by atoms with Crippen LogP contribution in [0.15, 0.2) is 24.3 Å². The topological polar surface area (TPSA) is 92.8 Å². The van der Waals surface area contributed by atoms with E-state index in [9.17, 15) is 19.2 Å². The van der Waals surface area contributed by atoms with Gasteiger partial charge >= 0.3 is 5.97 Å². The molecule has 2 aliphatic rings. The van der Waals surface area contributed by atoms with Crippen LogP contribution in [0.1, 0.15) is 43.0 Å². The summed E-state index contributed by atoms with van der Waals surface area (Å²) in [5, 5.41) is 2.76. The molecule has 0 unspecified atom stereocenters. The van der Waals surface area contributed by atoms with Gasteiger partial charge in [0.05, 0.1) is 11.3 Å². The minimum absolute atomic E-state index is 0.172. The zero-order valence-electron chi connectivity index (χ0n) is 13.3. The molecule has 2 fully saturated rings. The number of carbonyl (C=O) groups excluding carboxylic acids is 4. The second kappa shape index (κ2) is 6.43. The van der Waals surface area contributed by atoms with Gasteiger partial charge in [-0.25, -0.2) is 4.79 Å². The van der Waals surface area contributed by atoms with E-state index in [0.29, 0.717) is 5.69 Å². The maximum Gasteiger partial charge on any atom is 0.338 e. The van der Waals surface area contributed by atoms with Crippen LogP contribution < -0.4 is 10.2 Å². The number of ether oxygens (including phenoxy) is 1. The van der Waals surface area contributed by atoms with Gasteiger partial charge in [0, 0.05) is 18.9 Å². The van der Waals surface area contributed by atoms with Gasteiger partial charge in [-0.3, -0.25) is 19.3 Å². The van der Waals surface area contributed by atoms with Crippen LogP contribution in [0.4, 0.5) is 5.69 Å². The largest absolute Gasteiger partial charge is 0.449 e. The van der Waals surface area contributed by atoms with Crippen molar-refractivity contribution in [3.05, 3.63) is 29.8 Å². The summed E-state index contributed by atoms with van der Waals surface area (Å²) in [4.78, 5) is 48.7. The number of esters is 1. The fourth-order valence-corrected chi connectivity index (χ4v) is 2.46. The molecule has 1 aromatic rings. The van der Waals surface area contributed by atoms with Crippen LogP contribution in [0.5, 0.6) is 0 Å². The molecule has 126 valence electrons. The molecule has 7 nitrogen and oxygen atoms in total. The maximum absolute atomic E-state index is 12.2. The summed E-state index contributed by atoms with van der Waals surface area (Å²) in [7, 11) is 0. The Morgan fingerprint density at radius 1 is 1.21 bits per heavy atom. The predicted molar refractivity (Wildman–Crippen MR) is 84.2 cm³/mol. The van der Waals surface area contributed by atoms with E-state index in [-0.39, 0.29) is 42.2 Å². The highest BCUT2D eigenvalue weighted by Crippen LogP contribution is 2.24. The summed E-state index contributed by atoms with van der Waals surface area (Å²) >= 11 is 0. The maximum atomic E-state index is 12.2. The van der Waals surface area contributed by atoms with Gasteiger partial charge in [0.15, 0.2) is 6.10 Å². The normalized spacial score (nSPS) is 18.5. The number of benzene rings is 1. The van der Waals surface area contributed by atoms with Gasteiger partial charge in [0.2, 0.25) is 11.8 Å². The van der Waals surface area contributed by atoms with Gasteiger partial charge in [-0.05, 0) is 38.0 Å². The summed E-state index contributed by atoms with van der Waals surface area (Å²) in [5.74, 6) is -1.58. The van der Waals surface area contributed by atoms with Gasteiger partial charge in [-0.1, -0.05) is 6.07 Å². The lowest BCUT2D eigenvalue weighted by Gasteiger charge is -2.16. The quantitative estimate of drug-likeness (QED) is 0.646. The van der Waals surface area contributed by atoms with Crippen LogP contribution in [0, 0.1) is 0 Å². The smallest absolute Gasteiger partial charge is 0.338 e. The van der Waals surface area contributed by atoms with E-state index in [4.69, 9.17) is 4.74 Å². The van der Waals surface area contributed by atoms with Crippen molar-refractivity contribution in [2.45, 2.75) is 44.8 Å². The predicted octanol–water partition coefficient (Wildman–Crippen LogP) is 1.16. The molecule has 24 heavy (non-hydrogen) atoms. The van der Waals surface area contributed by atoms with Gasteiger partial charge in [0.1, 0.15) is 0 Å². The molecule has 1 aliphatic heterocycles. The highest BCUT2D eigenvalue weighted by molar-refractivity contribution is 6.20. The van der Waals surface area contributed by atoms with Gasteiger partial charge < -0.3 is 10.1 Å². The summed E-state index contributed by atoms with van der Waals surface area (Å²) < 4.78 is 5.16. The Hall–Kier alpha value is -2.70. The van der Waals surface area contributed by atoms with Gasteiger partial charge in [-0.2, -0.15) is 0 Å². The van der Waals surface area contributed by atoms with E-state index in [0.717, 1.165) is 17.7 Å². The molecule has 0 spiro atoms. The summed E-state index contributed by atoms with van der Waals surface area (Å²) in [6.07, 6.45) is 1.34. The molecule has 1 atom stereocenters. The Morgan fingerprint density at radius 2 is 1.88 bits per heavy atom. The molecular formula is C17H18N2O5. The highest BCUT2D eigenvalue weighted by Gasteiger charge is 2.31. The average Bonchev–Trinajstić information content (AvgIpc) is 3.31. The first kappa shape index (κ1) is 16.2. The van der Waals surface area contributed by atoms with E-state index in [1.165, 1.54) is 19.1 Å². The van der Waals surface area contributed by atoms with Crippen molar-refractivity contribution in [1.82, 2.24) is 5.32 Å². The number of rotatable bonds is 5. The third-order valence-corrected chi connectivity index (χ3v) is 3.97. The summed E-state index contributed by atoms with van der Waals surface area (Å²) in [6.45, 7) is 1.51. The molecule has 0 bridgehead atoms. The van der Waals surface area contributed by atoms with Crippen molar-refractivity contribution < 1.29 is 23.9 Å².